The fraction of sp³-hybridized carbons (Fsp3) is 0.821. The summed E-state index contributed by atoms with van der Waals surface area (Å²) >= 11 is 0. The standard InChI is InChI=1S/C28H46O7/c1-4-5-8-13-22(30)17-18-24-23(14-9-6-7-10-15-27(31)32-3)25(34-21(2)29)20-26(24)35-28-16-11-12-19-33-28/h18,23,25-26,28H,4-17,19-20H2,1-3H3. The summed E-state index contributed by atoms with van der Waals surface area (Å²) in [5, 5.41) is 0. The van der Waals surface area contributed by atoms with E-state index in [1.165, 1.54) is 14.0 Å². The molecule has 0 radical (unpaired) electrons. The molecule has 4 atom stereocenters. The Kier molecular flexibility index (Phi) is 14.2. The van der Waals surface area contributed by atoms with E-state index in [1.54, 1.807) is 0 Å². The van der Waals surface area contributed by atoms with Gasteiger partial charge in [0, 0.05) is 45.1 Å². The highest BCUT2D eigenvalue weighted by atomic mass is 16.7. The third-order valence-corrected chi connectivity index (χ3v) is 6.96. The smallest absolute Gasteiger partial charge is 0.305 e. The molecule has 2 rings (SSSR count). The third kappa shape index (κ3) is 11.2. The monoisotopic (exact) mass is 494 g/mol. The molecule has 2 aliphatic rings. The number of methoxy groups -OCH3 is 1. The molecule has 0 spiro atoms. The van der Waals surface area contributed by atoms with Crippen LogP contribution in [-0.2, 0) is 33.3 Å². The van der Waals surface area contributed by atoms with Crippen molar-refractivity contribution in [3.63, 3.8) is 0 Å². The van der Waals surface area contributed by atoms with Crippen LogP contribution in [0.4, 0.5) is 0 Å². The number of rotatable bonds is 16. The van der Waals surface area contributed by atoms with Crippen LogP contribution in [0.25, 0.3) is 0 Å². The van der Waals surface area contributed by atoms with Gasteiger partial charge in [0.25, 0.3) is 0 Å². The second kappa shape index (κ2) is 16.9. The van der Waals surface area contributed by atoms with E-state index in [0.29, 0.717) is 32.3 Å². The SMILES string of the molecule is CCCCCC(=O)CC=C1C(OC2CCCCO2)CC(OC(C)=O)C1CCCCCCC(=O)OC. The number of hydrogen-bond donors (Lipinski definition) is 0. The van der Waals surface area contributed by atoms with Crippen LogP contribution in [0.5, 0.6) is 0 Å². The summed E-state index contributed by atoms with van der Waals surface area (Å²) in [4.78, 5) is 35.7. The summed E-state index contributed by atoms with van der Waals surface area (Å²) < 4.78 is 22.6. The molecule has 7 nitrogen and oxygen atoms in total. The summed E-state index contributed by atoms with van der Waals surface area (Å²) in [5.41, 5.74) is 1.09. The molecule has 1 heterocycles. The minimum atomic E-state index is -0.289. The minimum Gasteiger partial charge on any atom is -0.469 e. The van der Waals surface area contributed by atoms with Gasteiger partial charge in [-0.05, 0) is 44.1 Å². The van der Waals surface area contributed by atoms with Crippen molar-refractivity contribution in [2.45, 2.75) is 129 Å². The molecular weight excluding hydrogens is 448 g/mol. The molecule has 0 bridgehead atoms. The number of Topliss-reactive ketones (excluding diaryl/α,β-unsaturated/α-hetero) is 1. The molecule has 200 valence electrons. The van der Waals surface area contributed by atoms with Crippen LogP contribution in [0.3, 0.4) is 0 Å². The topological polar surface area (TPSA) is 88.1 Å². The fourth-order valence-corrected chi connectivity index (χ4v) is 5.07. The lowest BCUT2D eigenvalue weighted by Gasteiger charge is -2.27. The highest BCUT2D eigenvalue weighted by molar-refractivity contribution is 5.80. The van der Waals surface area contributed by atoms with Gasteiger partial charge >= 0.3 is 11.9 Å². The van der Waals surface area contributed by atoms with Crippen LogP contribution in [0.15, 0.2) is 11.6 Å². The summed E-state index contributed by atoms with van der Waals surface area (Å²) in [6.45, 7) is 4.28. The Bertz CT molecular complexity index is 681. The van der Waals surface area contributed by atoms with Gasteiger partial charge in [0.05, 0.1) is 13.2 Å². The molecule has 0 N–H and O–H groups in total. The molecule has 7 heteroatoms. The lowest BCUT2D eigenvalue weighted by molar-refractivity contribution is -0.181. The predicted molar refractivity (Wildman–Crippen MR) is 134 cm³/mol. The van der Waals surface area contributed by atoms with Crippen LogP contribution < -0.4 is 0 Å². The van der Waals surface area contributed by atoms with Gasteiger partial charge in [0.1, 0.15) is 11.9 Å². The first-order valence-electron chi connectivity index (χ1n) is 13.7. The molecule has 0 amide bonds. The summed E-state index contributed by atoms with van der Waals surface area (Å²) in [6.07, 6.45) is 14.0. The maximum atomic E-state index is 12.5. The molecule has 0 aromatic rings. The molecule has 0 aromatic carbocycles. The first-order chi connectivity index (χ1) is 16.9. The maximum Gasteiger partial charge on any atom is 0.305 e. The first kappa shape index (κ1) is 29.5. The van der Waals surface area contributed by atoms with E-state index in [2.05, 4.69) is 6.92 Å². The van der Waals surface area contributed by atoms with E-state index in [1.807, 2.05) is 6.08 Å². The predicted octanol–water partition coefficient (Wildman–Crippen LogP) is 5.83. The Morgan fingerprint density at radius 1 is 1.03 bits per heavy atom. The molecule has 1 aliphatic carbocycles. The zero-order valence-electron chi connectivity index (χ0n) is 22.1. The van der Waals surface area contributed by atoms with Gasteiger partial charge in [-0.15, -0.1) is 0 Å². The van der Waals surface area contributed by atoms with Crippen LogP contribution in [-0.4, -0.2) is 49.9 Å². The highest BCUT2D eigenvalue weighted by Gasteiger charge is 2.42. The molecule has 1 saturated carbocycles. The number of ether oxygens (including phenoxy) is 4. The molecule has 1 aliphatic heterocycles. The molecule has 0 aromatic heterocycles. The van der Waals surface area contributed by atoms with Crippen LogP contribution in [0, 0.1) is 5.92 Å². The zero-order valence-corrected chi connectivity index (χ0v) is 22.1. The maximum absolute atomic E-state index is 12.5. The largest absolute Gasteiger partial charge is 0.469 e. The average molecular weight is 495 g/mol. The van der Waals surface area contributed by atoms with Gasteiger partial charge < -0.3 is 18.9 Å². The van der Waals surface area contributed by atoms with Gasteiger partial charge in [-0.25, -0.2) is 0 Å². The van der Waals surface area contributed by atoms with Gasteiger partial charge in [-0.3, -0.25) is 14.4 Å². The van der Waals surface area contributed by atoms with E-state index in [0.717, 1.165) is 76.2 Å². The van der Waals surface area contributed by atoms with E-state index < -0.39 is 0 Å². The second-order valence-electron chi connectivity index (χ2n) is 9.84. The molecule has 35 heavy (non-hydrogen) atoms. The van der Waals surface area contributed by atoms with E-state index in [9.17, 15) is 14.4 Å². The number of unbranched alkanes of at least 4 members (excludes halogenated alkanes) is 5. The van der Waals surface area contributed by atoms with Crippen LogP contribution >= 0.6 is 0 Å². The third-order valence-electron chi connectivity index (χ3n) is 6.96. The van der Waals surface area contributed by atoms with E-state index >= 15 is 0 Å². The van der Waals surface area contributed by atoms with Crippen LogP contribution in [0.2, 0.25) is 0 Å². The van der Waals surface area contributed by atoms with Crippen molar-refractivity contribution < 1.29 is 33.3 Å². The summed E-state index contributed by atoms with van der Waals surface area (Å²) in [5.74, 6) is -0.176. The second-order valence-corrected chi connectivity index (χ2v) is 9.84. The van der Waals surface area contributed by atoms with Crippen molar-refractivity contribution in [3.8, 4) is 0 Å². The zero-order chi connectivity index (χ0) is 25.5. The molecule has 4 unspecified atom stereocenters. The number of esters is 2. The normalized spacial score (nSPS) is 25.5. The number of allylic oxidation sites excluding steroid dienone is 1. The lowest BCUT2D eigenvalue weighted by Crippen LogP contribution is -2.28. The van der Waals surface area contributed by atoms with Crippen molar-refractivity contribution in [1.29, 1.82) is 0 Å². The van der Waals surface area contributed by atoms with Crippen molar-refractivity contribution >= 4 is 17.7 Å². The van der Waals surface area contributed by atoms with Gasteiger partial charge in [-0.2, -0.15) is 0 Å². The number of hydrogen-bond acceptors (Lipinski definition) is 7. The number of carbonyl (C=O) groups is 3. The molecule has 2 fully saturated rings. The lowest BCUT2D eigenvalue weighted by atomic mass is 9.92. The Morgan fingerprint density at radius 2 is 1.80 bits per heavy atom. The fourth-order valence-electron chi connectivity index (χ4n) is 5.07. The van der Waals surface area contributed by atoms with Crippen molar-refractivity contribution in [2.75, 3.05) is 13.7 Å². The first-order valence-corrected chi connectivity index (χ1v) is 13.7. The Labute approximate surface area is 211 Å². The quantitative estimate of drug-likeness (QED) is 0.151. The highest BCUT2D eigenvalue weighted by Crippen LogP contribution is 2.41. The van der Waals surface area contributed by atoms with Crippen molar-refractivity contribution in [3.05, 3.63) is 11.6 Å². The summed E-state index contributed by atoms with van der Waals surface area (Å²) in [7, 11) is 1.41. The van der Waals surface area contributed by atoms with Crippen LogP contribution in [0.1, 0.15) is 110 Å². The Hall–Kier alpha value is -1.73. The van der Waals surface area contributed by atoms with Gasteiger partial charge in [-0.1, -0.05) is 45.1 Å². The average Bonchev–Trinajstić information content (AvgIpc) is 3.15. The minimum absolute atomic E-state index is 0.0385. The number of carbonyl (C=O) groups excluding carboxylic acids is 3. The van der Waals surface area contributed by atoms with E-state index in [-0.39, 0.29) is 42.1 Å². The van der Waals surface area contributed by atoms with Gasteiger partial charge in [0.15, 0.2) is 6.29 Å². The Balaban J connectivity index is 2.05. The summed E-state index contributed by atoms with van der Waals surface area (Å²) in [6, 6.07) is 0. The van der Waals surface area contributed by atoms with E-state index in [4.69, 9.17) is 18.9 Å². The Morgan fingerprint density at radius 3 is 2.49 bits per heavy atom. The van der Waals surface area contributed by atoms with Crippen molar-refractivity contribution in [1.82, 2.24) is 0 Å². The number of ketones is 1. The van der Waals surface area contributed by atoms with Gasteiger partial charge in [0.2, 0.25) is 0 Å². The molecule has 1 saturated heterocycles. The molecular formula is C28H46O7. The van der Waals surface area contributed by atoms with Crippen molar-refractivity contribution in [2.24, 2.45) is 5.92 Å².